The number of hydrogen-bond acceptors (Lipinski definition) is 5. The van der Waals surface area contributed by atoms with Crippen molar-refractivity contribution in [2.75, 3.05) is 0 Å². The van der Waals surface area contributed by atoms with Crippen molar-refractivity contribution in [3.05, 3.63) is 29.8 Å². The third-order valence-electron chi connectivity index (χ3n) is 2.69. The number of benzene rings is 1. The van der Waals surface area contributed by atoms with Crippen LogP contribution in [0.4, 0.5) is 4.79 Å². The average Bonchev–Trinajstić information content (AvgIpc) is 2.38. The molecule has 0 fully saturated rings. The van der Waals surface area contributed by atoms with E-state index in [2.05, 4.69) is 10.6 Å². The van der Waals surface area contributed by atoms with Crippen molar-refractivity contribution in [1.29, 1.82) is 0 Å². The number of phenols is 1. The SMILES string of the molecule is C[C@@H](OC(=O)Cc1ccc(O)cc1)C(=O)NC(=O)NC(C)(C)C. The quantitative estimate of drug-likeness (QED) is 0.729. The van der Waals surface area contributed by atoms with Crippen LogP contribution in [-0.2, 0) is 20.7 Å². The second kappa shape index (κ2) is 7.62. The van der Waals surface area contributed by atoms with Gasteiger partial charge in [0.2, 0.25) is 0 Å². The summed E-state index contributed by atoms with van der Waals surface area (Å²) in [6.45, 7) is 6.71. The van der Waals surface area contributed by atoms with Gasteiger partial charge in [-0.1, -0.05) is 12.1 Å². The number of imide groups is 1. The number of urea groups is 1. The molecule has 1 atom stereocenters. The van der Waals surface area contributed by atoms with Gasteiger partial charge >= 0.3 is 12.0 Å². The minimum atomic E-state index is -1.09. The lowest BCUT2D eigenvalue weighted by Gasteiger charge is -2.21. The van der Waals surface area contributed by atoms with Crippen LogP contribution in [0.25, 0.3) is 0 Å². The van der Waals surface area contributed by atoms with Crippen LogP contribution >= 0.6 is 0 Å². The van der Waals surface area contributed by atoms with E-state index in [1.807, 2.05) is 0 Å². The molecule has 126 valence electrons. The first-order chi connectivity index (χ1) is 10.6. The van der Waals surface area contributed by atoms with Crippen LogP contribution in [0, 0.1) is 0 Å². The summed E-state index contributed by atoms with van der Waals surface area (Å²) in [6, 6.07) is 5.42. The molecule has 3 N–H and O–H groups in total. The molecule has 7 heteroatoms. The second-order valence-corrected chi connectivity index (χ2v) is 6.17. The van der Waals surface area contributed by atoms with E-state index >= 15 is 0 Å². The Morgan fingerprint density at radius 1 is 1.17 bits per heavy atom. The van der Waals surface area contributed by atoms with Gasteiger partial charge in [0, 0.05) is 5.54 Å². The molecule has 1 aromatic carbocycles. The van der Waals surface area contributed by atoms with Crippen LogP contribution in [0.1, 0.15) is 33.3 Å². The average molecular weight is 322 g/mol. The van der Waals surface area contributed by atoms with E-state index in [0.29, 0.717) is 5.56 Å². The number of hydrogen-bond donors (Lipinski definition) is 3. The highest BCUT2D eigenvalue weighted by atomic mass is 16.5. The number of ether oxygens (including phenoxy) is 1. The predicted molar refractivity (Wildman–Crippen MR) is 83.8 cm³/mol. The van der Waals surface area contributed by atoms with E-state index in [1.54, 1.807) is 32.9 Å². The van der Waals surface area contributed by atoms with Gasteiger partial charge in [0.25, 0.3) is 5.91 Å². The van der Waals surface area contributed by atoms with Crippen molar-refractivity contribution in [2.24, 2.45) is 0 Å². The summed E-state index contributed by atoms with van der Waals surface area (Å²) in [5, 5.41) is 13.8. The third-order valence-corrected chi connectivity index (χ3v) is 2.69. The summed E-state index contributed by atoms with van der Waals surface area (Å²) in [4.78, 5) is 35.1. The van der Waals surface area contributed by atoms with E-state index in [4.69, 9.17) is 9.84 Å². The van der Waals surface area contributed by atoms with Gasteiger partial charge in [-0.3, -0.25) is 14.9 Å². The highest BCUT2D eigenvalue weighted by Crippen LogP contribution is 2.10. The first-order valence-corrected chi connectivity index (χ1v) is 7.17. The molecular weight excluding hydrogens is 300 g/mol. The van der Waals surface area contributed by atoms with Crippen LogP contribution < -0.4 is 10.6 Å². The minimum Gasteiger partial charge on any atom is -0.508 e. The second-order valence-electron chi connectivity index (χ2n) is 6.17. The molecule has 0 saturated heterocycles. The molecule has 7 nitrogen and oxygen atoms in total. The van der Waals surface area contributed by atoms with E-state index in [-0.39, 0.29) is 12.2 Å². The number of esters is 1. The fourth-order valence-corrected chi connectivity index (χ4v) is 1.66. The van der Waals surface area contributed by atoms with Gasteiger partial charge in [0.05, 0.1) is 6.42 Å². The molecule has 0 unspecified atom stereocenters. The lowest BCUT2D eigenvalue weighted by Crippen LogP contribution is -2.50. The zero-order chi connectivity index (χ0) is 17.6. The Hall–Kier alpha value is -2.57. The molecule has 0 saturated carbocycles. The molecule has 0 aromatic heterocycles. The highest BCUT2D eigenvalue weighted by molar-refractivity contribution is 5.97. The number of carbonyl (C=O) groups is 3. The summed E-state index contributed by atoms with van der Waals surface area (Å²) in [6.07, 6.45) is -1.13. The number of amides is 3. The van der Waals surface area contributed by atoms with Gasteiger partial charge in [0.1, 0.15) is 5.75 Å². The molecule has 23 heavy (non-hydrogen) atoms. The fraction of sp³-hybridized carbons (Fsp3) is 0.438. The van der Waals surface area contributed by atoms with Crippen molar-refractivity contribution in [2.45, 2.75) is 45.8 Å². The van der Waals surface area contributed by atoms with Gasteiger partial charge in [-0.25, -0.2) is 4.79 Å². The van der Waals surface area contributed by atoms with Crippen LogP contribution in [-0.4, -0.2) is 34.7 Å². The smallest absolute Gasteiger partial charge is 0.321 e. The Morgan fingerprint density at radius 2 is 1.74 bits per heavy atom. The number of aromatic hydroxyl groups is 1. The van der Waals surface area contributed by atoms with Gasteiger partial charge in [-0.05, 0) is 45.4 Å². The summed E-state index contributed by atoms with van der Waals surface area (Å²) in [5.41, 5.74) is 0.161. The summed E-state index contributed by atoms with van der Waals surface area (Å²) in [7, 11) is 0. The summed E-state index contributed by atoms with van der Waals surface area (Å²) in [5.74, 6) is -1.21. The van der Waals surface area contributed by atoms with E-state index in [9.17, 15) is 14.4 Å². The van der Waals surface area contributed by atoms with Gasteiger partial charge < -0.3 is 15.2 Å². The Labute approximate surface area is 135 Å². The van der Waals surface area contributed by atoms with Gasteiger partial charge in [-0.15, -0.1) is 0 Å². The normalized spacial score (nSPS) is 12.2. The third kappa shape index (κ3) is 7.30. The Balaban J connectivity index is 2.46. The topological polar surface area (TPSA) is 105 Å². The highest BCUT2D eigenvalue weighted by Gasteiger charge is 2.22. The molecule has 0 heterocycles. The van der Waals surface area contributed by atoms with Crippen molar-refractivity contribution >= 4 is 17.9 Å². The lowest BCUT2D eigenvalue weighted by molar-refractivity contribution is -0.153. The molecule has 0 aliphatic carbocycles. The number of nitrogens with one attached hydrogen (secondary N) is 2. The lowest BCUT2D eigenvalue weighted by atomic mass is 10.1. The van der Waals surface area contributed by atoms with Crippen molar-refractivity contribution in [3.63, 3.8) is 0 Å². The van der Waals surface area contributed by atoms with Crippen molar-refractivity contribution < 1.29 is 24.2 Å². The molecule has 1 aromatic rings. The van der Waals surface area contributed by atoms with Crippen molar-refractivity contribution in [3.8, 4) is 5.75 Å². The van der Waals surface area contributed by atoms with Crippen LogP contribution in [0.15, 0.2) is 24.3 Å². The first kappa shape index (κ1) is 18.5. The van der Waals surface area contributed by atoms with E-state index in [0.717, 1.165) is 0 Å². The number of rotatable bonds is 4. The molecule has 0 aliphatic heterocycles. The first-order valence-electron chi connectivity index (χ1n) is 7.17. The van der Waals surface area contributed by atoms with Crippen LogP contribution in [0.2, 0.25) is 0 Å². The standard InChI is InChI=1S/C16H22N2O5/c1-10(14(21)17-15(22)18-16(2,3)4)23-13(20)9-11-5-7-12(19)8-6-11/h5-8,10,19H,9H2,1-4H3,(H2,17,18,21,22)/t10-/m1/s1. The summed E-state index contributed by atoms with van der Waals surface area (Å²) < 4.78 is 4.98. The zero-order valence-corrected chi connectivity index (χ0v) is 13.7. The number of phenolic OH excluding ortho intramolecular Hbond substituents is 1. The van der Waals surface area contributed by atoms with E-state index < -0.39 is 29.6 Å². The van der Waals surface area contributed by atoms with E-state index in [1.165, 1.54) is 19.1 Å². The molecule has 0 radical (unpaired) electrons. The van der Waals surface area contributed by atoms with Crippen molar-refractivity contribution in [1.82, 2.24) is 10.6 Å². The zero-order valence-electron chi connectivity index (χ0n) is 13.7. The summed E-state index contributed by atoms with van der Waals surface area (Å²) >= 11 is 0. The Bertz CT molecular complexity index is 575. The Kier molecular flexibility index (Phi) is 6.12. The largest absolute Gasteiger partial charge is 0.508 e. The van der Waals surface area contributed by atoms with Crippen LogP contribution in [0.5, 0.6) is 5.75 Å². The molecule has 3 amide bonds. The maximum Gasteiger partial charge on any atom is 0.321 e. The van der Waals surface area contributed by atoms with Gasteiger partial charge in [0.15, 0.2) is 6.10 Å². The Morgan fingerprint density at radius 3 is 2.26 bits per heavy atom. The van der Waals surface area contributed by atoms with Crippen LogP contribution in [0.3, 0.4) is 0 Å². The molecule has 1 rings (SSSR count). The minimum absolute atomic E-state index is 0.0356. The molecule has 0 spiro atoms. The predicted octanol–water partition coefficient (Wildman–Crippen LogP) is 1.49. The maximum atomic E-state index is 11.8. The molecular formula is C16H22N2O5. The molecule has 0 bridgehead atoms. The maximum absolute atomic E-state index is 11.8. The monoisotopic (exact) mass is 322 g/mol. The number of carbonyl (C=O) groups excluding carboxylic acids is 3. The van der Waals surface area contributed by atoms with Gasteiger partial charge in [-0.2, -0.15) is 0 Å². The molecule has 0 aliphatic rings. The fourth-order valence-electron chi connectivity index (χ4n) is 1.66.